The van der Waals surface area contributed by atoms with Crippen molar-refractivity contribution in [2.24, 2.45) is 59.2 Å². The molecule has 0 aromatic carbocycles. The van der Waals surface area contributed by atoms with Gasteiger partial charge in [-0.25, -0.2) is 0 Å². The summed E-state index contributed by atoms with van der Waals surface area (Å²) in [7, 11) is 0. The van der Waals surface area contributed by atoms with Gasteiger partial charge in [-0.15, -0.1) is 0 Å². The van der Waals surface area contributed by atoms with Gasteiger partial charge in [-0.1, -0.05) is 114 Å². The molecular weight excluding hydrogens is 587 g/mol. The quantitative estimate of drug-likeness (QED) is 0.278. The summed E-state index contributed by atoms with van der Waals surface area (Å²) in [5.41, 5.74) is 0. The molecule has 6 aliphatic rings. The second kappa shape index (κ2) is 26.1. The van der Waals surface area contributed by atoms with E-state index in [9.17, 15) is 0 Å². The lowest BCUT2D eigenvalue weighted by Gasteiger charge is -2.25. The fourth-order valence-corrected chi connectivity index (χ4v) is 8.01. The van der Waals surface area contributed by atoms with Crippen LogP contribution in [0.15, 0.2) is 0 Å². The monoisotopic (exact) mass is 670 g/mol. The van der Waals surface area contributed by atoms with Crippen molar-refractivity contribution in [2.45, 2.75) is 153 Å². The van der Waals surface area contributed by atoms with Gasteiger partial charge in [-0.05, 0) is 110 Å². The van der Waals surface area contributed by atoms with Crippen LogP contribution in [-0.4, -0.2) is 63.2 Å². The zero-order valence-corrected chi connectivity index (χ0v) is 33.9. The molecule has 0 aromatic rings. The minimum Gasteiger partial charge on any atom is -0.381 e. The Bertz CT molecular complexity index is 555. The summed E-state index contributed by atoms with van der Waals surface area (Å²) in [4.78, 5) is 0. The van der Waals surface area contributed by atoms with E-state index < -0.39 is 0 Å². The second-order valence-electron chi connectivity index (χ2n) is 16.5. The first kappa shape index (κ1) is 44.2. The lowest BCUT2D eigenvalue weighted by Crippen LogP contribution is -2.33. The van der Waals surface area contributed by atoms with Gasteiger partial charge in [0.15, 0.2) is 0 Å². The van der Waals surface area contributed by atoms with Crippen molar-refractivity contribution >= 4 is 11.8 Å². The molecule has 4 nitrogen and oxygen atoms in total. The largest absolute Gasteiger partial charge is 0.381 e. The molecule has 0 radical (unpaired) electrons. The molecule has 5 heteroatoms. The first-order valence-electron chi connectivity index (χ1n) is 19.9. The Balaban J connectivity index is 0.000000276. The van der Waals surface area contributed by atoms with E-state index in [0.717, 1.165) is 85.6 Å². The van der Waals surface area contributed by atoms with Crippen LogP contribution in [0.5, 0.6) is 0 Å². The minimum atomic E-state index is 0.281. The van der Waals surface area contributed by atoms with Gasteiger partial charge in [-0.3, -0.25) is 0 Å². The predicted octanol–water partition coefficient (Wildman–Crippen LogP) is 11.0. The highest BCUT2D eigenvalue weighted by Crippen LogP contribution is 2.30. The van der Waals surface area contributed by atoms with Crippen LogP contribution in [-0.2, 0) is 14.2 Å². The molecule has 276 valence electrons. The average Bonchev–Trinajstić information content (AvgIpc) is 3.61. The molecule has 6 fully saturated rings. The molecule has 0 spiro atoms. The number of ether oxygens (including phenoxy) is 3. The van der Waals surface area contributed by atoms with Crippen LogP contribution in [0.25, 0.3) is 0 Å². The van der Waals surface area contributed by atoms with E-state index in [1.165, 1.54) is 82.4 Å². The highest BCUT2D eigenvalue weighted by atomic mass is 32.2. The van der Waals surface area contributed by atoms with Crippen molar-refractivity contribution in [1.82, 2.24) is 5.32 Å². The summed E-state index contributed by atoms with van der Waals surface area (Å²) in [6.45, 7) is 33.3. The Kier molecular flexibility index (Phi) is 25.0. The summed E-state index contributed by atoms with van der Waals surface area (Å²) in [5, 5.41) is 3.36. The van der Waals surface area contributed by atoms with E-state index in [4.69, 9.17) is 14.2 Å². The van der Waals surface area contributed by atoms with Crippen molar-refractivity contribution in [2.75, 3.05) is 51.0 Å². The molecule has 12 unspecified atom stereocenters. The Labute approximate surface area is 293 Å². The summed E-state index contributed by atoms with van der Waals surface area (Å²) < 4.78 is 15.8. The first-order valence-corrected chi connectivity index (χ1v) is 21.1. The fourth-order valence-electron chi connectivity index (χ4n) is 6.47. The van der Waals surface area contributed by atoms with Gasteiger partial charge in [0.1, 0.15) is 0 Å². The Hall–Kier alpha value is 0.190. The molecule has 0 bridgehead atoms. The van der Waals surface area contributed by atoms with Gasteiger partial charge in [0.05, 0.1) is 25.4 Å². The van der Waals surface area contributed by atoms with Crippen LogP contribution in [0.4, 0.5) is 0 Å². The van der Waals surface area contributed by atoms with Gasteiger partial charge in [0.25, 0.3) is 0 Å². The van der Waals surface area contributed by atoms with Crippen LogP contribution < -0.4 is 5.32 Å². The van der Waals surface area contributed by atoms with Gasteiger partial charge in [0.2, 0.25) is 0 Å². The molecule has 46 heavy (non-hydrogen) atoms. The maximum absolute atomic E-state index is 5.27. The van der Waals surface area contributed by atoms with E-state index >= 15 is 0 Å². The highest BCUT2D eigenvalue weighted by Gasteiger charge is 2.20. The van der Waals surface area contributed by atoms with E-state index in [-0.39, 0.29) is 12.2 Å². The highest BCUT2D eigenvalue weighted by molar-refractivity contribution is 7.99. The van der Waals surface area contributed by atoms with E-state index in [1.54, 1.807) is 0 Å². The fraction of sp³-hybridized carbons (Fsp3) is 1.00. The van der Waals surface area contributed by atoms with E-state index in [0.29, 0.717) is 0 Å². The molecular formula is C41H83NO3S. The molecule has 1 N–H and O–H groups in total. The smallest absolute Gasteiger partial charge is 0.0807 e. The molecule has 0 aromatic heterocycles. The Morgan fingerprint density at radius 2 is 0.870 bits per heavy atom. The minimum absolute atomic E-state index is 0.281. The number of rotatable bonds is 0. The molecule has 2 aliphatic carbocycles. The molecule has 12 atom stereocenters. The first-order chi connectivity index (χ1) is 21.8. The summed E-state index contributed by atoms with van der Waals surface area (Å²) in [6, 6.07) is 0. The standard InChI is InChI=1S/C8H16.C7H15N.C7H14O.C7H14.C6H12O2.C6H12S/c1-7-5-3-4-6-8(7)2;2*1-6-3-4-8-5-7(6)2;1-6-4-3-5-7(6)2;1-5-6(2)8-4-3-7-5;1-5-3-7-4-6(5)2/h7-8H,3-6H2,1-2H3;6-8H,3-5H2,1-2H3;6-7H,3-5H2,1-2H3;6-7H,3-5H2,1-2H3;5-6H,3-4H2,1-2H3;5-6H,3-4H2,1-2H3. The lowest BCUT2D eigenvalue weighted by atomic mass is 9.82. The van der Waals surface area contributed by atoms with Gasteiger partial charge in [0, 0.05) is 13.2 Å². The van der Waals surface area contributed by atoms with Gasteiger partial charge >= 0.3 is 0 Å². The van der Waals surface area contributed by atoms with Crippen molar-refractivity contribution < 1.29 is 14.2 Å². The number of thioether (sulfide) groups is 1. The van der Waals surface area contributed by atoms with Crippen LogP contribution in [0.1, 0.15) is 141 Å². The molecule has 4 heterocycles. The zero-order chi connectivity index (χ0) is 34.5. The average molecular weight is 670 g/mol. The predicted molar refractivity (Wildman–Crippen MR) is 205 cm³/mol. The maximum Gasteiger partial charge on any atom is 0.0807 e. The van der Waals surface area contributed by atoms with Crippen molar-refractivity contribution in [3.8, 4) is 0 Å². The number of hydrogen-bond donors (Lipinski definition) is 1. The SMILES string of the molecule is CC1CCCC1C.CC1CCCCC1C.CC1CCNCC1C.CC1CCOCC1C.CC1CSCC1C.CC1OCCOC1C. The van der Waals surface area contributed by atoms with Crippen molar-refractivity contribution in [3.63, 3.8) is 0 Å². The molecule has 4 aliphatic heterocycles. The lowest BCUT2D eigenvalue weighted by molar-refractivity contribution is -0.124. The van der Waals surface area contributed by atoms with Gasteiger partial charge < -0.3 is 19.5 Å². The van der Waals surface area contributed by atoms with Crippen molar-refractivity contribution in [3.05, 3.63) is 0 Å². The third-order valence-electron chi connectivity index (χ3n) is 12.4. The summed E-state index contributed by atoms with van der Waals surface area (Å²) in [5.74, 6) is 12.3. The topological polar surface area (TPSA) is 39.7 Å². The van der Waals surface area contributed by atoms with Crippen LogP contribution >= 0.6 is 11.8 Å². The van der Waals surface area contributed by atoms with E-state index in [1.807, 2.05) is 13.8 Å². The normalized spacial score (nSPS) is 40.4. The molecule has 0 amide bonds. The Morgan fingerprint density at radius 1 is 0.435 bits per heavy atom. The van der Waals surface area contributed by atoms with Crippen LogP contribution in [0.2, 0.25) is 0 Å². The second-order valence-corrected chi connectivity index (χ2v) is 17.6. The number of nitrogens with one attached hydrogen (secondary N) is 1. The van der Waals surface area contributed by atoms with Gasteiger partial charge in [-0.2, -0.15) is 11.8 Å². The molecule has 6 rings (SSSR count). The molecule has 4 saturated heterocycles. The maximum atomic E-state index is 5.27. The summed E-state index contributed by atoms with van der Waals surface area (Å²) >= 11 is 2.09. The van der Waals surface area contributed by atoms with Crippen LogP contribution in [0.3, 0.4) is 0 Å². The molecule has 2 saturated carbocycles. The summed E-state index contributed by atoms with van der Waals surface area (Å²) in [6.07, 6.45) is 13.5. The zero-order valence-electron chi connectivity index (χ0n) is 33.1. The number of piperidine rings is 1. The van der Waals surface area contributed by atoms with Crippen LogP contribution in [0, 0.1) is 59.2 Å². The third-order valence-corrected chi connectivity index (χ3v) is 13.9. The Morgan fingerprint density at radius 3 is 1.13 bits per heavy atom. The third kappa shape index (κ3) is 20.0. The van der Waals surface area contributed by atoms with Crippen molar-refractivity contribution in [1.29, 1.82) is 0 Å². The van der Waals surface area contributed by atoms with E-state index in [2.05, 4.69) is 86.3 Å². The number of hydrogen-bond acceptors (Lipinski definition) is 5.